The molecule has 0 N–H and O–H groups in total. The van der Waals surface area contributed by atoms with E-state index in [9.17, 15) is 0 Å². The Bertz CT molecular complexity index is 196. The number of hydrogen-bond donors (Lipinski definition) is 1. The molecule has 5 heteroatoms. The Balaban J connectivity index is 4.68. The van der Waals surface area contributed by atoms with E-state index in [4.69, 9.17) is 13.3 Å². The predicted octanol–water partition coefficient (Wildman–Crippen LogP) is 4.30. The van der Waals surface area contributed by atoms with E-state index >= 15 is 0 Å². The van der Waals surface area contributed by atoms with E-state index < -0.39 is 8.80 Å². The molecule has 0 aliphatic heterocycles. The lowest BCUT2D eigenvalue weighted by atomic mass is 10.3. The molecule has 3 nitrogen and oxygen atoms in total. The minimum atomic E-state index is -2.56. The lowest BCUT2D eigenvalue weighted by Crippen LogP contribution is -2.50. The van der Waals surface area contributed by atoms with Crippen LogP contribution in [0.4, 0.5) is 0 Å². The van der Waals surface area contributed by atoms with Crippen LogP contribution in [0.2, 0.25) is 6.04 Å². The molecule has 0 aliphatic carbocycles. The molecule has 0 rings (SSSR count). The molecule has 0 atom stereocenters. The molecular formula is C14H32O3SSi. The zero-order chi connectivity index (χ0) is 14.9. The van der Waals surface area contributed by atoms with E-state index in [0.717, 1.165) is 31.1 Å². The third kappa shape index (κ3) is 9.90. The van der Waals surface area contributed by atoms with E-state index in [0.29, 0.717) is 0 Å². The lowest BCUT2D eigenvalue weighted by molar-refractivity contribution is 0.00281. The van der Waals surface area contributed by atoms with Gasteiger partial charge >= 0.3 is 8.80 Å². The van der Waals surface area contributed by atoms with Gasteiger partial charge in [0.05, 0.1) is 0 Å². The van der Waals surface area contributed by atoms with E-state index in [1.165, 1.54) is 0 Å². The Kier molecular flexibility index (Phi) is 10.5. The molecular weight excluding hydrogens is 276 g/mol. The minimum Gasteiger partial charge on any atom is -0.371 e. The van der Waals surface area contributed by atoms with Crippen LogP contribution in [0.25, 0.3) is 0 Å². The van der Waals surface area contributed by atoms with Gasteiger partial charge < -0.3 is 13.3 Å². The third-order valence-electron chi connectivity index (χ3n) is 2.39. The summed E-state index contributed by atoms with van der Waals surface area (Å²) in [7, 11) is -2.56. The topological polar surface area (TPSA) is 27.7 Å². The molecule has 0 aromatic heterocycles. The molecule has 0 aromatic carbocycles. The molecule has 0 radical (unpaired) electrons. The first kappa shape index (κ1) is 19.4. The number of hydrogen-bond acceptors (Lipinski definition) is 4. The van der Waals surface area contributed by atoms with E-state index in [1.54, 1.807) is 0 Å². The van der Waals surface area contributed by atoms with Gasteiger partial charge in [0, 0.05) is 24.4 Å². The van der Waals surface area contributed by atoms with Crippen molar-refractivity contribution in [2.45, 2.75) is 85.2 Å². The fraction of sp³-hybridized carbons (Fsp3) is 1.00. The Morgan fingerprint density at radius 3 is 1.47 bits per heavy atom. The summed E-state index contributed by atoms with van der Waals surface area (Å²) >= 11 is 4.25. The summed E-state index contributed by atoms with van der Waals surface area (Å²) in [5.41, 5.74) is 0. The zero-order valence-corrected chi connectivity index (χ0v) is 15.3. The van der Waals surface area contributed by atoms with Gasteiger partial charge in [-0.05, 0) is 60.1 Å². The SMILES string of the molecule is CC(C)O[Si](CCCCCS)(OC(C)C)OC(C)C. The molecule has 0 spiro atoms. The molecule has 0 heterocycles. The van der Waals surface area contributed by atoms with Gasteiger partial charge in [-0.3, -0.25) is 0 Å². The van der Waals surface area contributed by atoms with Gasteiger partial charge in [-0.2, -0.15) is 12.6 Å². The van der Waals surface area contributed by atoms with Crippen molar-refractivity contribution in [2.75, 3.05) is 5.75 Å². The van der Waals surface area contributed by atoms with Crippen molar-refractivity contribution in [3.63, 3.8) is 0 Å². The van der Waals surface area contributed by atoms with Crippen LogP contribution in [0, 0.1) is 0 Å². The maximum absolute atomic E-state index is 6.12. The monoisotopic (exact) mass is 308 g/mol. The van der Waals surface area contributed by atoms with Crippen molar-refractivity contribution in [3.8, 4) is 0 Å². The smallest absolute Gasteiger partial charge is 0.371 e. The van der Waals surface area contributed by atoms with Crippen LogP contribution in [0.15, 0.2) is 0 Å². The molecule has 0 amide bonds. The molecule has 0 saturated carbocycles. The Labute approximate surface area is 126 Å². The first-order valence-corrected chi connectivity index (χ1v) is 10.0. The van der Waals surface area contributed by atoms with Crippen molar-refractivity contribution in [2.24, 2.45) is 0 Å². The molecule has 0 fully saturated rings. The van der Waals surface area contributed by atoms with Crippen molar-refractivity contribution in [1.29, 1.82) is 0 Å². The van der Waals surface area contributed by atoms with Crippen molar-refractivity contribution in [1.82, 2.24) is 0 Å². The van der Waals surface area contributed by atoms with Gasteiger partial charge in [-0.1, -0.05) is 6.42 Å². The molecule has 0 unspecified atom stereocenters. The van der Waals surface area contributed by atoms with E-state index in [2.05, 4.69) is 12.6 Å². The second-order valence-electron chi connectivity index (χ2n) is 5.72. The van der Waals surface area contributed by atoms with Crippen LogP contribution in [0.5, 0.6) is 0 Å². The molecule has 0 bridgehead atoms. The Morgan fingerprint density at radius 1 is 0.737 bits per heavy atom. The second-order valence-corrected chi connectivity index (χ2v) is 8.74. The average molecular weight is 309 g/mol. The fourth-order valence-corrected chi connectivity index (χ4v) is 5.55. The quantitative estimate of drug-likeness (QED) is 0.350. The summed E-state index contributed by atoms with van der Waals surface area (Å²) in [4.78, 5) is 0. The normalized spacial score (nSPS) is 12.9. The average Bonchev–Trinajstić information content (AvgIpc) is 2.21. The molecule has 0 aromatic rings. The third-order valence-corrected chi connectivity index (χ3v) is 6.16. The Hall–Kier alpha value is 0.447. The first-order chi connectivity index (χ1) is 8.81. The Morgan fingerprint density at radius 2 is 1.16 bits per heavy atom. The maximum Gasteiger partial charge on any atom is 0.501 e. The van der Waals surface area contributed by atoms with Gasteiger partial charge in [0.2, 0.25) is 0 Å². The largest absolute Gasteiger partial charge is 0.501 e. The molecule has 116 valence electrons. The molecule has 0 saturated heterocycles. The van der Waals surface area contributed by atoms with Crippen LogP contribution >= 0.6 is 12.6 Å². The van der Waals surface area contributed by atoms with Crippen molar-refractivity contribution < 1.29 is 13.3 Å². The van der Waals surface area contributed by atoms with Gasteiger partial charge in [-0.15, -0.1) is 0 Å². The summed E-state index contributed by atoms with van der Waals surface area (Å²) in [5, 5.41) is 0. The summed E-state index contributed by atoms with van der Waals surface area (Å²) in [5.74, 6) is 0.940. The summed E-state index contributed by atoms with van der Waals surface area (Å²) in [6, 6.07) is 0.898. The van der Waals surface area contributed by atoms with E-state index in [1.807, 2.05) is 41.5 Å². The van der Waals surface area contributed by atoms with Crippen LogP contribution in [0.1, 0.15) is 60.8 Å². The minimum absolute atomic E-state index is 0.133. The van der Waals surface area contributed by atoms with Crippen LogP contribution in [-0.2, 0) is 13.3 Å². The highest BCUT2D eigenvalue weighted by atomic mass is 32.1. The van der Waals surface area contributed by atoms with Gasteiger partial charge in [-0.25, -0.2) is 0 Å². The predicted molar refractivity (Wildman–Crippen MR) is 86.9 cm³/mol. The second kappa shape index (κ2) is 10.2. The number of unbranched alkanes of at least 4 members (excludes halogenated alkanes) is 2. The highest BCUT2D eigenvalue weighted by Crippen LogP contribution is 2.24. The first-order valence-electron chi connectivity index (χ1n) is 7.45. The van der Waals surface area contributed by atoms with Gasteiger partial charge in [0.15, 0.2) is 0 Å². The molecule has 19 heavy (non-hydrogen) atoms. The van der Waals surface area contributed by atoms with Crippen molar-refractivity contribution in [3.05, 3.63) is 0 Å². The zero-order valence-electron chi connectivity index (χ0n) is 13.4. The number of rotatable bonds is 11. The van der Waals surface area contributed by atoms with Crippen LogP contribution < -0.4 is 0 Å². The fourth-order valence-electron chi connectivity index (χ4n) is 1.97. The lowest BCUT2D eigenvalue weighted by Gasteiger charge is -2.34. The summed E-state index contributed by atoms with van der Waals surface area (Å²) < 4.78 is 18.3. The summed E-state index contributed by atoms with van der Waals surface area (Å²) in [6.45, 7) is 12.3. The maximum atomic E-state index is 6.12. The number of thiol groups is 1. The van der Waals surface area contributed by atoms with Gasteiger partial charge in [0.25, 0.3) is 0 Å². The van der Waals surface area contributed by atoms with Crippen LogP contribution in [0.3, 0.4) is 0 Å². The highest BCUT2D eigenvalue weighted by molar-refractivity contribution is 7.80. The van der Waals surface area contributed by atoms with Crippen LogP contribution in [-0.4, -0.2) is 32.9 Å². The highest BCUT2D eigenvalue weighted by Gasteiger charge is 2.43. The van der Waals surface area contributed by atoms with Crippen molar-refractivity contribution >= 4 is 21.4 Å². The van der Waals surface area contributed by atoms with Gasteiger partial charge in [0.1, 0.15) is 0 Å². The molecule has 0 aliphatic rings. The standard InChI is InChI=1S/C14H32O3SSi/c1-12(2)15-19(16-13(3)4,17-14(5)6)11-9-7-8-10-18/h12-14,18H,7-11H2,1-6H3. The summed E-state index contributed by atoms with van der Waals surface area (Å²) in [6.07, 6.45) is 3.78. The van der Waals surface area contributed by atoms with E-state index in [-0.39, 0.29) is 18.3 Å².